The van der Waals surface area contributed by atoms with Gasteiger partial charge in [-0.25, -0.2) is 0 Å². The summed E-state index contributed by atoms with van der Waals surface area (Å²) in [6, 6.07) is 0. The zero-order valence-electron chi connectivity index (χ0n) is 48.9. The Morgan fingerprint density at radius 3 is 0.808 bits per heavy atom. The fourth-order valence-electron chi connectivity index (χ4n) is 9.45. The molecule has 0 saturated heterocycles. The Bertz CT molecular complexity index is 1270. The van der Waals surface area contributed by atoms with Crippen LogP contribution in [0.2, 0.25) is 0 Å². The first-order valence-electron chi connectivity index (χ1n) is 32.1. The van der Waals surface area contributed by atoms with E-state index in [4.69, 9.17) is 14.2 Å². The van der Waals surface area contributed by atoms with Gasteiger partial charge >= 0.3 is 17.9 Å². The summed E-state index contributed by atoms with van der Waals surface area (Å²) in [5, 5.41) is 0. The van der Waals surface area contributed by atoms with Crippen LogP contribution < -0.4 is 0 Å². The topological polar surface area (TPSA) is 78.9 Å². The number of esters is 3. The van der Waals surface area contributed by atoms with Crippen molar-refractivity contribution in [1.29, 1.82) is 0 Å². The van der Waals surface area contributed by atoms with Crippen LogP contribution in [0.15, 0.2) is 48.6 Å². The zero-order valence-corrected chi connectivity index (χ0v) is 48.9. The Morgan fingerprint density at radius 1 is 0.274 bits per heavy atom. The highest BCUT2D eigenvalue weighted by Crippen LogP contribution is 2.17. The molecule has 0 saturated carbocycles. The molecule has 0 fully saturated rings. The number of unbranched alkanes of at least 4 members (excludes halogenated alkanes) is 40. The predicted octanol–water partition coefficient (Wildman–Crippen LogP) is 21.8. The normalized spacial score (nSPS) is 12.3. The lowest BCUT2D eigenvalue weighted by Crippen LogP contribution is -2.30. The van der Waals surface area contributed by atoms with Gasteiger partial charge in [-0.05, 0) is 83.5 Å². The van der Waals surface area contributed by atoms with E-state index in [2.05, 4.69) is 69.4 Å². The maximum absolute atomic E-state index is 12.9. The molecule has 0 aliphatic carbocycles. The molecule has 0 rings (SSSR count). The first-order valence-corrected chi connectivity index (χ1v) is 32.1. The fraction of sp³-hybridized carbons (Fsp3) is 0.836. The molecule has 426 valence electrons. The van der Waals surface area contributed by atoms with Crippen molar-refractivity contribution in [2.45, 2.75) is 348 Å². The number of carbonyl (C=O) groups excluding carboxylic acids is 3. The van der Waals surface area contributed by atoms with Crippen molar-refractivity contribution >= 4 is 17.9 Å². The molecule has 0 aromatic rings. The second-order valence-corrected chi connectivity index (χ2v) is 21.7. The highest BCUT2D eigenvalue weighted by Gasteiger charge is 2.19. The molecule has 73 heavy (non-hydrogen) atoms. The van der Waals surface area contributed by atoms with Gasteiger partial charge in [0.2, 0.25) is 0 Å². The third-order valence-corrected chi connectivity index (χ3v) is 14.3. The molecule has 0 radical (unpaired) electrons. The number of rotatable bonds is 59. The van der Waals surface area contributed by atoms with E-state index in [1.165, 1.54) is 225 Å². The van der Waals surface area contributed by atoms with Crippen molar-refractivity contribution in [2.75, 3.05) is 13.2 Å². The average Bonchev–Trinajstić information content (AvgIpc) is 3.39. The van der Waals surface area contributed by atoms with E-state index in [0.717, 1.165) is 77.0 Å². The first-order chi connectivity index (χ1) is 36.0. The summed E-state index contributed by atoms with van der Waals surface area (Å²) in [5.74, 6) is -0.871. The molecule has 0 spiro atoms. The van der Waals surface area contributed by atoms with Crippen LogP contribution in [-0.2, 0) is 28.6 Å². The largest absolute Gasteiger partial charge is 0.462 e. The van der Waals surface area contributed by atoms with Crippen molar-refractivity contribution in [2.24, 2.45) is 0 Å². The third-order valence-electron chi connectivity index (χ3n) is 14.3. The monoisotopic (exact) mass is 1020 g/mol. The van der Waals surface area contributed by atoms with E-state index >= 15 is 0 Å². The Labute approximate surface area is 454 Å². The molecule has 0 aliphatic heterocycles. The molecule has 6 nitrogen and oxygen atoms in total. The first kappa shape index (κ1) is 70.4. The van der Waals surface area contributed by atoms with E-state index in [9.17, 15) is 14.4 Å². The van der Waals surface area contributed by atoms with Crippen LogP contribution in [0.25, 0.3) is 0 Å². The van der Waals surface area contributed by atoms with Crippen LogP contribution in [0.3, 0.4) is 0 Å². The smallest absolute Gasteiger partial charge is 0.306 e. The molecule has 0 amide bonds. The second kappa shape index (κ2) is 61.9. The van der Waals surface area contributed by atoms with Gasteiger partial charge in [-0.1, -0.05) is 288 Å². The molecule has 1 unspecified atom stereocenters. The minimum Gasteiger partial charge on any atom is -0.462 e. The van der Waals surface area contributed by atoms with Crippen LogP contribution in [0, 0.1) is 0 Å². The molecule has 1 atom stereocenters. The Hall–Kier alpha value is -2.63. The van der Waals surface area contributed by atoms with Gasteiger partial charge in [-0.3, -0.25) is 14.4 Å². The third kappa shape index (κ3) is 60.1. The highest BCUT2D eigenvalue weighted by atomic mass is 16.6. The fourth-order valence-corrected chi connectivity index (χ4v) is 9.45. The summed E-state index contributed by atoms with van der Waals surface area (Å²) < 4.78 is 16.9. The Morgan fingerprint density at radius 2 is 0.493 bits per heavy atom. The minimum absolute atomic E-state index is 0.0754. The van der Waals surface area contributed by atoms with E-state index < -0.39 is 6.10 Å². The number of allylic oxidation sites excluding steroid dienone is 8. The lowest BCUT2D eigenvalue weighted by Gasteiger charge is -2.18. The molecular weight excluding hydrogens is 901 g/mol. The van der Waals surface area contributed by atoms with Gasteiger partial charge in [0.15, 0.2) is 6.10 Å². The van der Waals surface area contributed by atoms with Gasteiger partial charge < -0.3 is 14.2 Å². The number of carbonyl (C=O) groups is 3. The predicted molar refractivity (Wildman–Crippen MR) is 316 cm³/mol. The lowest BCUT2D eigenvalue weighted by atomic mass is 10.0. The summed E-state index contributed by atoms with van der Waals surface area (Å²) in [5.41, 5.74) is 0. The quantitative estimate of drug-likeness (QED) is 0.0261. The molecule has 0 heterocycles. The van der Waals surface area contributed by atoms with Gasteiger partial charge in [0, 0.05) is 19.3 Å². The molecule has 0 aliphatic rings. The van der Waals surface area contributed by atoms with Gasteiger partial charge in [-0.2, -0.15) is 0 Å². The molecular formula is C67H122O6. The van der Waals surface area contributed by atoms with Crippen LogP contribution in [0.1, 0.15) is 342 Å². The minimum atomic E-state index is -0.780. The zero-order chi connectivity index (χ0) is 52.9. The van der Waals surface area contributed by atoms with Gasteiger partial charge in [-0.15, -0.1) is 0 Å². The number of hydrogen-bond acceptors (Lipinski definition) is 6. The highest BCUT2D eigenvalue weighted by molar-refractivity contribution is 5.71. The number of hydrogen-bond donors (Lipinski definition) is 0. The molecule has 0 aromatic heterocycles. The standard InChI is InChI=1S/C67H122O6/c1-4-7-10-13-16-19-22-25-28-31-34-37-39-42-45-48-51-54-57-60-66(69)72-63-64(73-67(70)61-58-55-52-49-46-43-40-36-33-30-27-24-21-18-15-12-9-6-3)62-71-65(68)59-56-53-50-47-44-41-38-35-32-29-26-23-20-17-14-11-8-5-2/h16,19,25,28,30,33-34,37,64H,4-15,17-18,20-24,26-27,29,31-32,35-36,38-63H2,1-3H3/b19-16-,28-25-,33-30-,37-34-. The maximum Gasteiger partial charge on any atom is 0.306 e. The summed E-state index contributed by atoms with van der Waals surface area (Å²) in [7, 11) is 0. The van der Waals surface area contributed by atoms with E-state index in [0.29, 0.717) is 19.3 Å². The maximum atomic E-state index is 12.9. The Kier molecular flexibility index (Phi) is 59.7. The van der Waals surface area contributed by atoms with Crippen LogP contribution in [-0.4, -0.2) is 37.2 Å². The van der Waals surface area contributed by atoms with E-state index in [-0.39, 0.29) is 31.1 Å². The molecule has 6 heteroatoms. The average molecular weight is 1020 g/mol. The lowest BCUT2D eigenvalue weighted by molar-refractivity contribution is -0.167. The molecule has 0 aromatic carbocycles. The second-order valence-electron chi connectivity index (χ2n) is 21.7. The van der Waals surface area contributed by atoms with E-state index in [1.807, 2.05) is 0 Å². The van der Waals surface area contributed by atoms with Crippen molar-refractivity contribution < 1.29 is 28.6 Å². The summed E-state index contributed by atoms with van der Waals surface area (Å²) in [6.07, 6.45) is 76.8. The summed E-state index contributed by atoms with van der Waals surface area (Å²) >= 11 is 0. The molecule has 0 N–H and O–H groups in total. The number of ether oxygens (including phenoxy) is 3. The van der Waals surface area contributed by atoms with Crippen molar-refractivity contribution in [3.63, 3.8) is 0 Å². The Balaban J connectivity index is 4.37. The van der Waals surface area contributed by atoms with Crippen molar-refractivity contribution in [3.05, 3.63) is 48.6 Å². The van der Waals surface area contributed by atoms with Gasteiger partial charge in [0.05, 0.1) is 0 Å². The van der Waals surface area contributed by atoms with Crippen LogP contribution in [0.5, 0.6) is 0 Å². The van der Waals surface area contributed by atoms with Crippen molar-refractivity contribution in [1.82, 2.24) is 0 Å². The summed E-state index contributed by atoms with van der Waals surface area (Å²) in [4.78, 5) is 38.3. The van der Waals surface area contributed by atoms with Crippen LogP contribution >= 0.6 is 0 Å². The van der Waals surface area contributed by atoms with E-state index in [1.54, 1.807) is 0 Å². The molecule has 0 bridgehead atoms. The van der Waals surface area contributed by atoms with Crippen LogP contribution in [0.4, 0.5) is 0 Å². The van der Waals surface area contributed by atoms with Gasteiger partial charge in [0.1, 0.15) is 13.2 Å². The van der Waals surface area contributed by atoms with Crippen molar-refractivity contribution in [3.8, 4) is 0 Å². The van der Waals surface area contributed by atoms with Gasteiger partial charge in [0.25, 0.3) is 0 Å². The SMILES string of the molecule is CCCCC/C=C\C/C=C\C/C=C\CCCCCCCCC(=O)OCC(COC(=O)CCCCCCCCCCCCCCCCCCCC)OC(=O)CCCCCCCCC/C=C\CCCCCCCCC. The summed E-state index contributed by atoms with van der Waals surface area (Å²) in [6.45, 7) is 6.65.